The fourth-order valence-corrected chi connectivity index (χ4v) is 5.07. The maximum Gasteiger partial charge on any atom is 0.398 e. The summed E-state index contributed by atoms with van der Waals surface area (Å²) in [5.74, 6) is -1.03. The molecule has 0 bridgehead atoms. The molecule has 7 nitrogen and oxygen atoms in total. The number of benzene rings is 1. The van der Waals surface area contributed by atoms with Crippen LogP contribution in [0.1, 0.15) is 25.3 Å². The van der Waals surface area contributed by atoms with Gasteiger partial charge in [0.15, 0.2) is 21.3 Å². The van der Waals surface area contributed by atoms with Crippen LogP contribution in [0.25, 0.3) is 22.6 Å². The van der Waals surface area contributed by atoms with Crippen molar-refractivity contribution in [1.29, 1.82) is 0 Å². The Labute approximate surface area is 196 Å². The number of halogens is 4. The van der Waals surface area contributed by atoms with Gasteiger partial charge in [0, 0.05) is 18.0 Å². The molecule has 1 saturated carbocycles. The predicted molar refractivity (Wildman–Crippen MR) is 119 cm³/mol. The predicted octanol–water partition coefficient (Wildman–Crippen LogP) is 4.07. The van der Waals surface area contributed by atoms with Gasteiger partial charge in [-0.2, -0.15) is 17.9 Å². The molecule has 12 heteroatoms. The number of hydrogen-bond acceptors (Lipinski definition) is 5. The van der Waals surface area contributed by atoms with Crippen molar-refractivity contribution in [2.45, 2.75) is 36.3 Å². The molecule has 3 heterocycles. The number of hydrogen-bond donors (Lipinski definition) is 0. The van der Waals surface area contributed by atoms with Crippen molar-refractivity contribution >= 4 is 15.5 Å². The third kappa shape index (κ3) is 3.72. The van der Waals surface area contributed by atoms with Crippen LogP contribution in [0.2, 0.25) is 0 Å². The van der Waals surface area contributed by atoms with Gasteiger partial charge >= 0.3 is 11.9 Å². The Hall–Kier alpha value is -3.54. The van der Waals surface area contributed by atoms with E-state index in [4.69, 9.17) is 0 Å². The maximum atomic E-state index is 13.6. The van der Waals surface area contributed by atoms with Crippen molar-refractivity contribution in [3.63, 3.8) is 0 Å². The molecule has 0 atom stereocenters. The van der Waals surface area contributed by atoms with Crippen LogP contribution in [0.5, 0.6) is 0 Å². The smallest absolute Gasteiger partial charge is 0.250 e. The highest BCUT2D eigenvalue weighted by atomic mass is 32.2. The van der Waals surface area contributed by atoms with E-state index in [1.807, 2.05) is 0 Å². The zero-order valence-electron chi connectivity index (χ0n) is 18.3. The molecule has 0 N–H and O–H groups in total. The standard InChI is InChI=1S/C23H18F4N4O3S/c1-2-35(33,34)18-11-15(14-3-6-17(24)7-4-14)12-28-20(18)31-21(32)30-13-16(5-8-19(30)29-31)22(9-10-22)23(25,26)27/h3-8,11-13H,2,9-10H2,1H3. The fraction of sp³-hybridized carbons (Fsp3) is 0.261. The summed E-state index contributed by atoms with van der Waals surface area (Å²) >= 11 is 0. The van der Waals surface area contributed by atoms with Crippen LogP contribution in [0.3, 0.4) is 0 Å². The van der Waals surface area contributed by atoms with Crippen molar-refractivity contribution < 1.29 is 26.0 Å². The highest BCUT2D eigenvalue weighted by Gasteiger charge is 2.64. The van der Waals surface area contributed by atoms with Crippen molar-refractivity contribution in [3.05, 3.63) is 76.7 Å². The molecule has 35 heavy (non-hydrogen) atoms. The monoisotopic (exact) mass is 506 g/mol. The lowest BCUT2D eigenvalue weighted by molar-refractivity contribution is -0.160. The summed E-state index contributed by atoms with van der Waals surface area (Å²) in [6, 6.07) is 9.24. The molecule has 0 aliphatic heterocycles. The van der Waals surface area contributed by atoms with E-state index in [9.17, 15) is 30.8 Å². The average molecular weight is 506 g/mol. The minimum Gasteiger partial charge on any atom is -0.250 e. The topological polar surface area (TPSA) is 86.3 Å². The van der Waals surface area contributed by atoms with Gasteiger partial charge in [-0.15, -0.1) is 5.10 Å². The number of rotatable bonds is 5. The Kier molecular flexibility index (Phi) is 5.13. The molecule has 1 aliphatic carbocycles. The fourth-order valence-electron chi connectivity index (χ4n) is 4.04. The summed E-state index contributed by atoms with van der Waals surface area (Å²) in [6.45, 7) is 1.43. The van der Waals surface area contributed by atoms with Gasteiger partial charge in [-0.05, 0) is 48.2 Å². The summed E-state index contributed by atoms with van der Waals surface area (Å²) < 4.78 is 81.5. The van der Waals surface area contributed by atoms with E-state index in [0.717, 1.165) is 15.3 Å². The minimum atomic E-state index is -4.46. The summed E-state index contributed by atoms with van der Waals surface area (Å²) in [4.78, 5) is 17.0. The third-order valence-corrected chi connectivity index (χ3v) is 8.02. The molecule has 5 rings (SSSR count). The van der Waals surface area contributed by atoms with Crippen LogP contribution in [-0.4, -0.2) is 39.5 Å². The lowest BCUT2D eigenvalue weighted by Crippen LogP contribution is -2.29. The first-order chi connectivity index (χ1) is 16.5. The second-order valence-corrected chi connectivity index (χ2v) is 10.6. The molecule has 1 aliphatic rings. The number of nitrogens with zero attached hydrogens (tertiary/aromatic N) is 4. The molecule has 3 aromatic heterocycles. The molecule has 0 spiro atoms. The third-order valence-electron chi connectivity index (χ3n) is 6.29. The molecular formula is C23H18F4N4O3S. The number of sulfone groups is 1. The number of alkyl halides is 3. The summed E-state index contributed by atoms with van der Waals surface area (Å²) in [7, 11) is -3.90. The van der Waals surface area contributed by atoms with Crippen LogP contribution >= 0.6 is 0 Å². The van der Waals surface area contributed by atoms with Crippen LogP contribution in [0.15, 0.2) is 64.5 Å². The van der Waals surface area contributed by atoms with E-state index >= 15 is 0 Å². The second kappa shape index (κ2) is 7.74. The molecule has 0 unspecified atom stereocenters. The minimum absolute atomic E-state index is 0.0426. The SMILES string of the molecule is CCS(=O)(=O)c1cc(-c2ccc(F)cc2)cnc1-n1nc2ccc(C3(C(F)(F)F)CC3)cn2c1=O. The summed E-state index contributed by atoms with van der Waals surface area (Å²) in [5.41, 5.74) is -1.97. The Bertz CT molecular complexity index is 1620. The van der Waals surface area contributed by atoms with Gasteiger partial charge < -0.3 is 0 Å². The lowest BCUT2D eigenvalue weighted by Gasteiger charge is -2.19. The van der Waals surface area contributed by atoms with Gasteiger partial charge in [0.05, 0.1) is 11.2 Å². The Morgan fingerprint density at radius 2 is 1.74 bits per heavy atom. The zero-order chi connectivity index (χ0) is 25.2. The van der Waals surface area contributed by atoms with Crippen LogP contribution in [-0.2, 0) is 15.3 Å². The number of aromatic nitrogens is 4. The Morgan fingerprint density at radius 3 is 2.34 bits per heavy atom. The Balaban J connectivity index is 1.68. The van der Waals surface area contributed by atoms with E-state index in [1.165, 1.54) is 55.6 Å². The van der Waals surface area contributed by atoms with Gasteiger partial charge in [-0.25, -0.2) is 27.0 Å². The van der Waals surface area contributed by atoms with Gasteiger partial charge in [0.25, 0.3) is 0 Å². The van der Waals surface area contributed by atoms with E-state index in [2.05, 4.69) is 10.1 Å². The molecule has 4 aromatic rings. The highest BCUT2D eigenvalue weighted by molar-refractivity contribution is 7.91. The molecule has 1 aromatic carbocycles. The van der Waals surface area contributed by atoms with E-state index in [1.54, 1.807) is 0 Å². The van der Waals surface area contributed by atoms with E-state index in [0.29, 0.717) is 11.1 Å². The second-order valence-electron chi connectivity index (χ2n) is 8.38. The first-order valence-corrected chi connectivity index (χ1v) is 12.3. The first kappa shape index (κ1) is 23.2. The Morgan fingerprint density at radius 1 is 1.06 bits per heavy atom. The van der Waals surface area contributed by atoms with Gasteiger partial charge in [-0.1, -0.05) is 25.1 Å². The summed E-state index contributed by atoms with van der Waals surface area (Å²) in [5, 5.41) is 4.12. The van der Waals surface area contributed by atoms with Gasteiger partial charge in [-0.3, -0.25) is 0 Å². The number of fused-ring (bicyclic) bond motifs is 1. The number of pyridine rings is 2. The zero-order valence-corrected chi connectivity index (χ0v) is 19.1. The largest absolute Gasteiger partial charge is 0.398 e. The normalized spacial score (nSPS) is 15.5. The van der Waals surface area contributed by atoms with Crippen molar-refractivity contribution in [1.82, 2.24) is 19.2 Å². The van der Waals surface area contributed by atoms with Gasteiger partial charge in [0.1, 0.15) is 10.7 Å². The molecule has 182 valence electrons. The van der Waals surface area contributed by atoms with E-state index < -0.39 is 32.9 Å². The summed E-state index contributed by atoms with van der Waals surface area (Å²) in [6.07, 6.45) is -2.18. The van der Waals surface area contributed by atoms with Crippen LogP contribution in [0, 0.1) is 5.82 Å². The van der Waals surface area contributed by atoms with Crippen LogP contribution in [0.4, 0.5) is 17.6 Å². The van der Waals surface area contributed by atoms with Crippen molar-refractivity contribution in [3.8, 4) is 16.9 Å². The van der Waals surface area contributed by atoms with Gasteiger partial charge in [0.2, 0.25) is 0 Å². The van der Waals surface area contributed by atoms with E-state index in [-0.39, 0.29) is 40.5 Å². The van der Waals surface area contributed by atoms with Crippen molar-refractivity contribution in [2.24, 2.45) is 0 Å². The van der Waals surface area contributed by atoms with Crippen molar-refractivity contribution in [2.75, 3.05) is 5.75 Å². The first-order valence-electron chi connectivity index (χ1n) is 10.6. The molecule has 0 amide bonds. The highest BCUT2D eigenvalue weighted by Crippen LogP contribution is 2.58. The average Bonchev–Trinajstić information content (AvgIpc) is 3.59. The molecule has 0 radical (unpaired) electrons. The van der Waals surface area contributed by atoms with Crippen LogP contribution < -0.4 is 5.69 Å². The maximum absolute atomic E-state index is 13.6. The molecule has 1 fully saturated rings. The molecular weight excluding hydrogens is 488 g/mol. The quantitative estimate of drug-likeness (QED) is 0.381. The molecule has 0 saturated heterocycles. The lowest BCUT2D eigenvalue weighted by atomic mass is 9.97.